The Bertz CT molecular complexity index is 522. The monoisotopic (exact) mass is 278 g/mol. The van der Waals surface area contributed by atoms with Crippen molar-refractivity contribution in [3.05, 3.63) is 47.0 Å². The van der Waals surface area contributed by atoms with Crippen molar-refractivity contribution < 1.29 is 0 Å². The van der Waals surface area contributed by atoms with Crippen LogP contribution in [0.5, 0.6) is 0 Å². The summed E-state index contributed by atoms with van der Waals surface area (Å²) >= 11 is 5.84. The number of pyridine rings is 1. The van der Waals surface area contributed by atoms with E-state index in [-0.39, 0.29) is 0 Å². The summed E-state index contributed by atoms with van der Waals surface area (Å²) in [6, 6.07) is 6.06. The van der Waals surface area contributed by atoms with Crippen LogP contribution in [0.3, 0.4) is 0 Å². The highest BCUT2D eigenvalue weighted by molar-refractivity contribution is 6.30. The second kappa shape index (κ2) is 6.68. The molecule has 5 heteroatoms. The van der Waals surface area contributed by atoms with E-state index in [1.165, 1.54) is 0 Å². The first-order chi connectivity index (χ1) is 9.13. The predicted molar refractivity (Wildman–Crippen MR) is 77.1 cm³/mol. The third kappa shape index (κ3) is 4.65. The summed E-state index contributed by atoms with van der Waals surface area (Å²) in [6.45, 7) is 6.83. The molecule has 0 saturated heterocycles. The molecule has 0 amide bonds. The first kappa shape index (κ1) is 14.0. The molecule has 2 rings (SSSR count). The summed E-state index contributed by atoms with van der Waals surface area (Å²) in [5.41, 5.74) is 2.04. The highest BCUT2D eigenvalue weighted by Gasteiger charge is 2.01. The van der Waals surface area contributed by atoms with Gasteiger partial charge in [-0.05, 0) is 24.6 Å². The molecule has 19 heavy (non-hydrogen) atoms. The lowest BCUT2D eigenvalue weighted by atomic mass is 10.2. The summed E-state index contributed by atoms with van der Waals surface area (Å²) in [7, 11) is 0. The van der Waals surface area contributed by atoms with E-state index in [4.69, 9.17) is 11.6 Å². The zero-order valence-corrected chi connectivity index (χ0v) is 12.1. The van der Waals surface area contributed by atoms with E-state index in [0.717, 1.165) is 24.5 Å². The summed E-state index contributed by atoms with van der Waals surface area (Å²) in [6.07, 6.45) is 3.43. The van der Waals surface area contributed by atoms with Crippen LogP contribution < -0.4 is 5.32 Å². The van der Waals surface area contributed by atoms with Gasteiger partial charge in [0.15, 0.2) is 0 Å². The van der Waals surface area contributed by atoms with Gasteiger partial charge in [0.1, 0.15) is 0 Å². The zero-order chi connectivity index (χ0) is 13.7. The van der Waals surface area contributed by atoms with E-state index in [0.29, 0.717) is 17.5 Å². The first-order valence-electron chi connectivity index (χ1n) is 6.47. The van der Waals surface area contributed by atoms with Crippen molar-refractivity contribution in [2.75, 3.05) is 6.54 Å². The lowest BCUT2D eigenvalue weighted by Crippen LogP contribution is -2.20. The van der Waals surface area contributed by atoms with E-state index >= 15 is 0 Å². The third-order valence-corrected chi connectivity index (χ3v) is 2.84. The summed E-state index contributed by atoms with van der Waals surface area (Å²) < 4.78 is 1.79. The van der Waals surface area contributed by atoms with Crippen molar-refractivity contribution in [3.63, 3.8) is 0 Å². The molecule has 0 aromatic carbocycles. The number of nitrogens with one attached hydrogen (secondary N) is 1. The van der Waals surface area contributed by atoms with E-state index < -0.39 is 0 Å². The maximum atomic E-state index is 5.84. The molecular weight excluding hydrogens is 260 g/mol. The molecule has 0 atom stereocenters. The molecule has 2 aromatic rings. The Labute approximate surface area is 118 Å². The van der Waals surface area contributed by atoms with Gasteiger partial charge in [-0.2, -0.15) is 5.10 Å². The first-order valence-corrected chi connectivity index (χ1v) is 6.85. The topological polar surface area (TPSA) is 42.7 Å². The van der Waals surface area contributed by atoms with Gasteiger partial charge >= 0.3 is 0 Å². The van der Waals surface area contributed by atoms with E-state index in [1.54, 1.807) is 17.1 Å². The normalized spacial score (nSPS) is 11.2. The highest BCUT2D eigenvalue weighted by Crippen LogP contribution is 2.07. The quantitative estimate of drug-likeness (QED) is 0.883. The Morgan fingerprint density at radius 3 is 2.79 bits per heavy atom. The molecule has 0 aliphatic rings. The average Bonchev–Trinajstić information content (AvgIpc) is 2.75. The fourth-order valence-corrected chi connectivity index (χ4v) is 1.95. The fourth-order valence-electron chi connectivity index (χ4n) is 1.80. The van der Waals surface area contributed by atoms with Gasteiger partial charge in [0.05, 0.1) is 29.2 Å². The number of hydrogen-bond acceptors (Lipinski definition) is 3. The summed E-state index contributed by atoms with van der Waals surface area (Å²) in [5, 5.41) is 8.19. The Balaban J connectivity index is 1.95. The molecule has 0 unspecified atom stereocenters. The molecule has 0 aliphatic heterocycles. The largest absolute Gasteiger partial charge is 0.311 e. The highest BCUT2D eigenvalue weighted by atomic mass is 35.5. The minimum absolute atomic E-state index is 0.644. The van der Waals surface area contributed by atoms with Crippen molar-refractivity contribution in [2.45, 2.75) is 26.9 Å². The summed E-state index contributed by atoms with van der Waals surface area (Å²) in [5.74, 6) is 0.648. The lowest BCUT2D eigenvalue weighted by Gasteiger charge is -2.08. The van der Waals surface area contributed by atoms with Gasteiger partial charge in [0.2, 0.25) is 0 Å². The maximum Gasteiger partial charge on any atom is 0.0832 e. The molecule has 102 valence electrons. The van der Waals surface area contributed by atoms with Gasteiger partial charge in [-0.15, -0.1) is 0 Å². The molecule has 0 radical (unpaired) electrons. The Morgan fingerprint density at radius 2 is 2.11 bits per heavy atom. The smallest absolute Gasteiger partial charge is 0.0832 e. The van der Waals surface area contributed by atoms with Gasteiger partial charge in [-0.25, -0.2) is 0 Å². The Hall–Kier alpha value is -1.39. The summed E-state index contributed by atoms with van der Waals surface area (Å²) in [4.78, 5) is 4.61. The molecule has 1 N–H and O–H groups in total. The third-order valence-electron chi connectivity index (χ3n) is 2.65. The molecule has 0 bridgehead atoms. The Kier molecular flexibility index (Phi) is 4.93. The van der Waals surface area contributed by atoms with Crippen LogP contribution in [0.25, 0.3) is 0 Å². The zero-order valence-electron chi connectivity index (χ0n) is 11.3. The minimum atomic E-state index is 0.644. The van der Waals surface area contributed by atoms with Crippen molar-refractivity contribution in [3.8, 4) is 0 Å². The van der Waals surface area contributed by atoms with Crippen molar-refractivity contribution in [1.82, 2.24) is 20.1 Å². The van der Waals surface area contributed by atoms with Crippen LogP contribution in [-0.2, 0) is 13.1 Å². The molecule has 0 aliphatic carbocycles. The van der Waals surface area contributed by atoms with Crippen LogP contribution in [-0.4, -0.2) is 21.3 Å². The van der Waals surface area contributed by atoms with E-state index in [2.05, 4.69) is 29.2 Å². The van der Waals surface area contributed by atoms with Crippen LogP contribution in [0.1, 0.15) is 25.2 Å². The van der Waals surface area contributed by atoms with Crippen LogP contribution in [0.4, 0.5) is 0 Å². The molecule has 0 spiro atoms. The second-order valence-electron chi connectivity index (χ2n) is 5.00. The fraction of sp³-hybridized carbons (Fsp3) is 0.429. The van der Waals surface area contributed by atoms with Crippen molar-refractivity contribution >= 4 is 11.6 Å². The molecule has 0 saturated carbocycles. The van der Waals surface area contributed by atoms with Crippen molar-refractivity contribution in [2.24, 2.45) is 5.92 Å². The average molecular weight is 279 g/mol. The minimum Gasteiger partial charge on any atom is -0.311 e. The molecule has 0 fully saturated rings. The Morgan fingerprint density at radius 1 is 1.32 bits per heavy atom. The van der Waals surface area contributed by atoms with Crippen molar-refractivity contribution in [1.29, 1.82) is 0 Å². The van der Waals surface area contributed by atoms with Gasteiger partial charge in [0, 0.05) is 12.7 Å². The van der Waals surface area contributed by atoms with Gasteiger partial charge in [0.25, 0.3) is 0 Å². The molecule has 2 heterocycles. The van der Waals surface area contributed by atoms with E-state index in [9.17, 15) is 0 Å². The van der Waals surface area contributed by atoms with Gasteiger partial charge < -0.3 is 5.32 Å². The number of aromatic nitrogens is 3. The van der Waals surface area contributed by atoms with Crippen LogP contribution in [0, 0.1) is 5.92 Å². The second-order valence-corrected chi connectivity index (χ2v) is 5.44. The SMILES string of the molecule is CC(C)CNCc1cccc(Cn2cc(Cl)cn2)n1. The number of rotatable bonds is 6. The molecule has 2 aromatic heterocycles. The van der Waals surface area contributed by atoms with E-state index in [1.807, 2.05) is 18.2 Å². The standard InChI is InChI=1S/C14H19ClN4/c1-11(2)6-16-8-13-4-3-5-14(18-13)10-19-9-12(15)7-17-19/h3-5,7,9,11,16H,6,8,10H2,1-2H3. The molecular formula is C14H19ClN4. The van der Waals surface area contributed by atoms with Crippen LogP contribution in [0.15, 0.2) is 30.6 Å². The predicted octanol–water partition coefficient (Wildman–Crippen LogP) is 2.73. The number of halogens is 1. The number of hydrogen-bond donors (Lipinski definition) is 1. The van der Waals surface area contributed by atoms with Gasteiger partial charge in [-0.3, -0.25) is 9.67 Å². The van der Waals surface area contributed by atoms with Gasteiger partial charge in [-0.1, -0.05) is 31.5 Å². The molecule has 4 nitrogen and oxygen atoms in total. The van der Waals surface area contributed by atoms with Crippen LogP contribution in [0.2, 0.25) is 5.02 Å². The van der Waals surface area contributed by atoms with Crippen LogP contribution >= 0.6 is 11.6 Å². The maximum absolute atomic E-state index is 5.84. The lowest BCUT2D eigenvalue weighted by molar-refractivity contribution is 0.546. The number of nitrogens with zero attached hydrogens (tertiary/aromatic N) is 3.